The number of benzene rings is 1. The minimum Gasteiger partial charge on any atom is -0.442 e. The first-order chi connectivity index (χ1) is 11.9. The number of nitrogens with zero attached hydrogens (tertiary/aromatic N) is 2. The first-order valence-corrected chi connectivity index (χ1v) is 8.39. The third-order valence-electron chi connectivity index (χ3n) is 4.50. The lowest BCUT2D eigenvalue weighted by atomic mass is 10.1. The summed E-state index contributed by atoms with van der Waals surface area (Å²) in [5.41, 5.74) is 0.895. The van der Waals surface area contributed by atoms with Gasteiger partial charge in [0.2, 0.25) is 5.91 Å². The molecule has 7 nitrogen and oxygen atoms in total. The van der Waals surface area contributed by atoms with E-state index in [0.717, 1.165) is 0 Å². The maximum atomic E-state index is 14.5. The van der Waals surface area contributed by atoms with E-state index in [-0.39, 0.29) is 25.1 Å². The fourth-order valence-corrected chi connectivity index (χ4v) is 3.12. The second-order valence-corrected chi connectivity index (χ2v) is 6.41. The van der Waals surface area contributed by atoms with Gasteiger partial charge in [-0.1, -0.05) is 0 Å². The average Bonchev–Trinajstić information content (AvgIpc) is 2.95. The Morgan fingerprint density at radius 3 is 2.76 bits per heavy atom. The van der Waals surface area contributed by atoms with Crippen LogP contribution in [0.2, 0.25) is 0 Å². The van der Waals surface area contributed by atoms with Gasteiger partial charge in [0.05, 0.1) is 30.6 Å². The first kappa shape index (κ1) is 17.5. The van der Waals surface area contributed by atoms with Gasteiger partial charge in [-0.05, 0) is 31.0 Å². The molecular weight excluding hydrogens is 329 g/mol. The SMILES string of the molecule is CC(=O)NC[C@H]1CN(c2ccc(N3CCC(O)CC3)c(F)c2)C(=O)O1. The van der Waals surface area contributed by atoms with Gasteiger partial charge in [-0.15, -0.1) is 0 Å². The number of ether oxygens (including phenoxy) is 1. The number of hydrogen-bond acceptors (Lipinski definition) is 5. The van der Waals surface area contributed by atoms with Crippen molar-refractivity contribution in [3.05, 3.63) is 24.0 Å². The Hall–Kier alpha value is -2.35. The number of aliphatic hydroxyl groups excluding tert-OH is 1. The zero-order valence-corrected chi connectivity index (χ0v) is 14.1. The molecule has 0 aliphatic carbocycles. The lowest BCUT2D eigenvalue weighted by molar-refractivity contribution is -0.119. The number of piperidine rings is 1. The lowest BCUT2D eigenvalue weighted by Crippen LogP contribution is -2.36. The van der Waals surface area contributed by atoms with Gasteiger partial charge in [-0.3, -0.25) is 9.69 Å². The molecule has 1 atom stereocenters. The molecule has 2 saturated heterocycles. The smallest absolute Gasteiger partial charge is 0.414 e. The van der Waals surface area contributed by atoms with Crippen molar-refractivity contribution in [3.8, 4) is 0 Å². The standard InChI is InChI=1S/C17H22FN3O4/c1-11(22)19-9-14-10-21(17(24)25-14)12-2-3-16(15(18)8-12)20-6-4-13(23)5-7-20/h2-3,8,13-14,23H,4-7,9-10H2,1H3,(H,19,22)/t14-/m0/s1. The summed E-state index contributed by atoms with van der Waals surface area (Å²) >= 11 is 0. The second kappa shape index (κ2) is 7.26. The van der Waals surface area contributed by atoms with Crippen LogP contribution in [0.1, 0.15) is 19.8 Å². The monoisotopic (exact) mass is 351 g/mol. The normalized spacial score (nSPS) is 21.4. The summed E-state index contributed by atoms with van der Waals surface area (Å²) in [6, 6.07) is 4.66. The molecule has 2 aliphatic heterocycles. The van der Waals surface area contributed by atoms with Gasteiger partial charge in [0.1, 0.15) is 11.9 Å². The quantitative estimate of drug-likeness (QED) is 0.853. The predicted octanol–water partition coefficient (Wildman–Crippen LogP) is 1.25. The number of amides is 2. The Bertz CT molecular complexity index is 661. The highest BCUT2D eigenvalue weighted by atomic mass is 19.1. The van der Waals surface area contributed by atoms with Gasteiger partial charge in [0.15, 0.2) is 0 Å². The van der Waals surface area contributed by atoms with Crippen molar-refractivity contribution in [1.29, 1.82) is 0 Å². The zero-order valence-electron chi connectivity index (χ0n) is 14.1. The summed E-state index contributed by atoms with van der Waals surface area (Å²) < 4.78 is 19.7. The first-order valence-electron chi connectivity index (χ1n) is 8.39. The second-order valence-electron chi connectivity index (χ2n) is 6.41. The molecule has 2 amide bonds. The zero-order chi connectivity index (χ0) is 18.0. The number of carbonyl (C=O) groups excluding carboxylic acids is 2. The summed E-state index contributed by atoms with van der Waals surface area (Å²) in [5, 5.41) is 12.2. The molecule has 0 radical (unpaired) electrons. The summed E-state index contributed by atoms with van der Waals surface area (Å²) in [7, 11) is 0. The molecule has 0 unspecified atom stereocenters. The van der Waals surface area contributed by atoms with Crippen LogP contribution in [-0.2, 0) is 9.53 Å². The Balaban J connectivity index is 1.68. The van der Waals surface area contributed by atoms with E-state index in [0.29, 0.717) is 37.3 Å². The minimum atomic E-state index is -0.552. The van der Waals surface area contributed by atoms with Gasteiger partial charge in [-0.2, -0.15) is 0 Å². The van der Waals surface area contributed by atoms with Crippen LogP contribution in [0.15, 0.2) is 18.2 Å². The highest BCUT2D eigenvalue weighted by molar-refractivity contribution is 5.90. The molecule has 0 saturated carbocycles. The van der Waals surface area contributed by atoms with Crippen LogP contribution in [0.4, 0.5) is 20.6 Å². The van der Waals surface area contributed by atoms with Crippen molar-refractivity contribution in [1.82, 2.24) is 5.32 Å². The molecular formula is C17H22FN3O4. The molecule has 1 aromatic carbocycles. The fourth-order valence-electron chi connectivity index (χ4n) is 3.12. The van der Waals surface area contributed by atoms with Crippen molar-refractivity contribution in [2.45, 2.75) is 32.0 Å². The molecule has 2 N–H and O–H groups in total. The van der Waals surface area contributed by atoms with E-state index in [1.807, 2.05) is 4.90 Å². The largest absolute Gasteiger partial charge is 0.442 e. The molecule has 2 fully saturated rings. The van der Waals surface area contributed by atoms with Crippen LogP contribution in [0.25, 0.3) is 0 Å². The number of halogens is 1. The number of rotatable bonds is 4. The summed E-state index contributed by atoms with van der Waals surface area (Å²) in [6.45, 7) is 3.08. The van der Waals surface area contributed by atoms with Gasteiger partial charge in [0, 0.05) is 20.0 Å². The molecule has 8 heteroatoms. The number of cyclic esters (lactones) is 1. The molecule has 0 aromatic heterocycles. The van der Waals surface area contributed by atoms with Crippen LogP contribution < -0.4 is 15.1 Å². The van der Waals surface area contributed by atoms with Gasteiger partial charge in [0.25, 0.3) is 0 Å². The van der Waals surface area contributed by atoms with E-state index < -0.39 is 18.0 Å². The molecule has 0 spiro atoms. The number of aliphatic hydroxyl groups is 1. The number of hydrogen-bond donors (Lipinski definition) is 2. The highest BCUT2D eigenvalue weighted by Gasteiger charge is 2.33. The molecule has 136 valence electrons. The molecule has 0 bridgehead atoms. The third-order valence-corrected chi connectivity index (χ3v) is 4.50. The van der Waals surface area contributed by atoms with Gasteiger partial charge in [-0.25, -0.2) is 9.18 Å². The van der Waals surface area contributed by atoms with Crippen molar-refractivity contribution in [2.75, 3.05) is 36.0 Å². The number of nitrogens with one attached hydrogen (secondary N) is 1. The van der Waals surface area contributed by atoms with Crippen molar-refractivity contribution in [3.63, 3.8) is 0 Å². The molecule has 1 aromatic rings. The van der Waals surface area contributed by atoms with E-state index >= 15 is 0 Å². The fraction of sp³-hybridized carbons (Fsp3) is 0.529. The summed E-state index contributed by atoms with van der Waals surface area (Å²) in [4.78, 5) is 26.2. The van der Waals surface area contributed by atoms with Crippen LogP contribution in [0.3, 0.4) is 0 Å². The van der Waals surface area contributed by atoms with E-state index in [1.165, 1.54) is 17.9 Å². The van der Waals surface area contributed by atoms with E-state index in [4.69, 9.17) is 4.74 Å². The number of anilines is 2. The van der Waals surface area contributed by atoms with Gasteiger partial charge >= 0.3 is 6.09 Å². The number of carbonyl (C=O) groups is 2. The Morgan fingerprint density at radius 2 is 2.12 bits per heavy atom. The average molecular weight is 351 g/mol. The molecule has 3 rings (SSSR count). The Labute approximate surface area is 145 Å². The minimum absolute atomic E-state index is 0.198. The van der Waals surface area contributed by atoms with Crippen LogP contribution in [0.5, 0.6) is 0 Å². The maximum absolute atomic E-state index is 14.5. The van der Waals surface area contributed by atoms with Crippen molar-refractivity contribution in [2.24, 2.45) is 0 Å². The summed E-state index contributed by atoms with van der Waals surface area (Å²) in [5.74, 6) is -0.608. The van der Waals surface area contributed by atoms with E-state index in [1.54, 1.807) is 12.1 Å². The van der Waals surface area contributed by atoms with Crippen LogP contribution >= 0.6 is 0 Å². The van der Waals surface area contributed by atoms with E-state index in [2.05, 4.69) is 5.32 Å². The maximum Gasteiger partial charge on any atom is 0.414 e. The topological polar surface area (TPSA) is 82.1 Å². The van der Waals surface area contributed by atoms with E-state index in [9.17, 15) is 19.1 Å². The van der Waals surface area contributed by atoms with Crippen molar-refractivity contribution < 1.29 is 23.8 Å². The lowest BCUT2D eigenvalue weighted by Gasteiger charge is -2.32. The Kier molecular flexibility index (Phi) is 5.08. The molecule has 25 heavy (non-hydrogen) atoms. The van der Waals surface area contributed by atoms with Gasteiger partial charge < -0.3 is 20.1 Å². The molecule has 2 heterocycles. The van der Waals surface area contributed by atoms with Crippen molar-refractivity contribution >= 4 is 23.4 Å². The Morgan fingerprint density at radius 1 is 1.40 bits per heavy atom. The summed E-state index contributed by atoms with van der Waals surface area (Å²) in [6.07, 6.45) is -0.0978. The predicted molar refractivity (Wildman–Crippen MR) is 90.2 cm³/mol. The highest BCUT2D eigenvalue weighted by Crippen LogP contribution is 2.29. The third kappa shape index (κ3) is 4.01. The van der Waals surface area contributed by atoms with Crippen LogP contribution in [0, 0.1) is 5.82 Å². The van der Waals surface area contributed by atoms with Crippen LogP contribution in [-0.4, -0.2) is 55.5 Å². The molecule has 2 aliphatic rings.